The van der Waals surface area contributed by atoms with Crippen molar-refractivity contribution in [1.82, 2.24) is 0 Å². The Morgan fingerprint density at radius 2 is 1.82 bits per heavy atom. The molecule has 0 fully saturated rings. The normalized spacial score (nSPS) is 13.8. The fourth-order valence-electron chi connectivity index (χ4n) is 2.63. The van der Waals surface area contributed by atoms with Gasteiger partial charge < -0.3 is 9.47 Å². The molecule has 0 unspecified atom stereocenters. The van der Waals surface area contributed by atoms with Gasteiger partial charge in [-0.3, -0.25) is 0 Å². The molecule has 0 amide bonds. The molecule has 0 aliphatic heterocycles. The molecule has 2 aromatic rings. The van der Waals surface area contributed by atoms with Gasteiger partial charge in [0.2, 0.25) is 0 Å². The van der Waals surface area contributed by atoms with Crippen molar-refractivity contribution in [3.8, 4) is 0 Å². The Morgan fingerprint density at radius 1 is 1.09 bits per heavy atom. The van der Waals surface area contributed by atoms with Crippen LogP contribution >= 0.6 is 0 Å². The summed E-state index contributed by atoms with van der Waals surface area (Å²) in [5.41, 5.74) is 0.831. The minimum Gasteiger partial charge on any atom is -0.460 e. The quantitative estimate of drug-likeness (QED) is 0.698. The zero-order valence-corrected chi connectivity index (χ0v) is 13.5. The second-order valence-corrected chi connectivity index (χ2v) is 5.48. The highest BCUT2D eigenvalue weighted by molar-refractivity contribution is 5.85. The standard InChI is InChI=1S/C19H24O3/c1-4-8-17(5-2)22-19(20)18(21-3)16-12-11-14-9-6-7-10-15(14)13-16/h6-7,9-13,17-18H,4-5,8H2,1-3H3/t17-,18-/m0/s1. The smallest absolute Gasteiger partial charge is 0.340 e. The van der Waals surface area contributed by atoms with E-state index < -0.39 is 6.10 Å². The molecule has 0 aromatic heterocycles. The molecule has 3 nitrogen and oxygen atoms in total. The van der Waals surface area contributed by atoms with E-state index in [9.17, 15) is 4.79 Å². The van der Waals surface area contributed by atoms with E-state index in [0.717, 1.165) is 35.6 Å². The van der Waals surface area contributed by atoms with Crippen LogP contribution in [0.5, 0.6) is 0 Å². The molecule has 2 aromatic carbocycles. The summed E-state index contributed by atoms with van der Waals surface area (Å²) >= 11 is 0. The molecule has 0 aliphatic rings. The first-order valence-electron chi connectivity index (χ1n) is 7.91. The predicted octanol–water partition coefficient (Wildman–Crippen LogP) is 4.65. The number of carbonyl (C=O) groups is 1. The molecule has 0 heterocycles. The van der Waals surface area contributed by atoms with Crippen molar-refractivity contribution >= 4 is 16.7 Å². The second kappa shape index (κ2) is 7.95. The van der Waals surface area contributed by atoms with Crippen LogP contribution in [-0.4, -0.2) is 19.2 Å². The third-order valence-electron chi connectivity index (χ3n) is 3.87. The average Bonchev–Trinajstić information content (AvgIpc) is 2.55. The van der Waals surface area contributed by atoms with Crippen molar-refractivity contribution in [2.75, 3.05) is 7.11 Å². The fraction of sp³-hybridized carbons (Fsp3) is 0.421. The number of fused-ring (bicyclic) bond motifs is 1. The van der Waals surface area contributed by atoms with E-state index in [2.05, 4.69) is 6.92 Å². The maximum absolute atomic E-state index is 12.4. The molecule has 0 aliphatic carbocycles. The molecular weight excluding hydrogens is 276 g/mol. The molecule has 3 heteroatoms. The summed E-state index contributed by atoms with van der Waals surface area (Å²) < 4.78 is 11.0. The number of ether oxygens (including phenoxy) is 2. The zero-order valence-electron chi connectivity index (χ0n) is 13.5. The van der Waals surface area contributed by atoms with Crippen LogP contribution in [0, 0.1) is 0 Å². The minimum atomic E-state index is -0.671. The molecule has 22 heavy (non-hydrogen) atoms. The third-order valence-corrected chi connectivity index (χ3v) is 3.87. The van der Waals surface area contributed by atoms with E-state index in [-0.39, 0.29) is 12.1 Å². The van der Waals surface area contributed by atoms with Gasteiger partial charge in [0.25, 0.3) is 0 Å². The Labute approximate surface area is 132 Å². The highest BCUT2D eigenvalue weighted by Crippen LogP contribution is 2.24. The Balaban J connectivity index is 2.19. The largest absolute Gasteiger partial charge is 0.460 e. The number of esters is 1. The zero-order chi connectivity index (χ0) is 15.9. The lowest BCUT2D eigenvalue weighted by atomic mass is 10.0. The van der Waals surface area contributed by atoms with E-state index in [1.54, 1.807) is 7.11 Å². The first kappa shape index (κ1) is 16.5. The SMILES string of the molecule is CCC[C@H](CC)OC(=O)[C@@H](OC)c1ccc2ccccc2c1. The van der Waals surface area contributed by atoms with Crippen molar-refractivity contribution in [2.45, 2.75) is 45.3 Å². The average molecular weight is 300 g/mol. The van der Waals surface area contributed by atoms with E-state index in [0.29, 0.717) is 0 Å². The number of hydrogen-bond donors (Lipinski definition) is 0. The monoisotopic (exact) mass is 300 g/mol. The summed E-state index contributed by atoms with van der Waals surface area (Å²) in [5, 5.41) is 2.24. The molecular formula is C19H24O3. The topological polar surface area (TPSA) is 35.5 Å². The maximum atomic E-state index is 12.4. The predicted molar refractivity (Wildman–Crippen MR) is 88.8 cm³/mol. The van der Waals surface area contributed by atoms with Crippen LogP contribution in [0.3, 0.4) is 0 Å². The summed E-state index contributed by atoms with van der Waals surface area (Å²) in [6.07, 6.45) is 2.01. The summed E-state index contributed by atoms with van der Waals surface area (Å²) in [7, 11) is 1.54. The van der Waals surface area contributed by atoms with Gasteiger partial charge in [-0.05, 0) is 35.2 Å². The Morgan fingerprint density at radius 3 is 2.45 bits per heavy atom. The van der Waals surface area contributed by atoms with E-state index in [1.807, 2.05) is 49.4 Å². The van der Waals surface area contributed by atoms with Gasteiger partial charge in [0.05, 0.1) is 0 Å². The summed E-state index contributed by atoms with van der Waals surface area (Å²) in [6.45, 7) is 4.12. The summed E-state index contributed by atoms with van der Waals surface area (Å²) in [4.78, 5) is 12.4. The van der Waals surface area contributed by atoms with Gasteiger partial charge in [0, 0.05) is 7.11 Å². The van der Waals surface area contributed by atoms with E-state index in [4.69, 9.17) is 9.47 Å². The number of methoxy groups -OCH3 is 1. The summed E-state index contributed by atoms with van der Waals surface area (Å²) in [6, 6.07) is 14.0. The highest BCUT2D eigenvalue weighted by Gasteiger charge is 2.24. The number of carbonyl (C=O) groups excluding carboxylic acids is 1. The lowest BCUT2D eigenvalue weighted by Gasteiger charge is -2.20. The van der Waals surface area contributed by atoms with E-state index in [1.165, 1.54) is 0 Å². The lowest BCUT2D eigenvalue weighted by molar-refractivity contribution is -0.162. The van der Waals surface area contributed by atoms with Crippen molar-refractivity contribution < 1.29 is 14.3 Å². The number of rotatable bonds is 7. The van der Waals surface area contributed by atoms with Crippen LogP contribution in [0.4, 0.5) is 0 Å². The first-order valence-corrected chi connectivity index (χ1v) is 7.91. The Hall–Kier alpha value is -1.87. The Kier molecular flexibility index (Phi) is 5.96. The van der Waals surface area contributed by atoms with Crippen molar-refractivity contribution in [3.05, 3.63) is 48.0 Å². The molecule has 2 rings (SSSR count). The van der Waals surface area contributed by atoms with Crippen molar-refractivity contribution in [2.24, 2.45) is 0 Å². The molecule has 0 saturated heterocycles. The van der Waals surface area contributed by atoms with Crippen LogP contribution in [-0.2, 0) is 14.3 Å². The van der Waals surface area contributed by atoms with Gasteiger partial charge >= 0.3 is 5.97 Å². The number of hydrogen-bond acceptors (Lipinski definition) is 3. The van der Waals surface area contributed by atoms with Crippen LogP contribution in [0.2, 0.25) is 0 Å². The molecule has 0 N–H and O–H groups in total. The van der Waals surface area contributed by atoms with Crippen molar-refractivity contribution in [1.29, 1.82) is 0 Å². The first-order chi connectivity index (χ1) is 10.7. The van der Waals surface area contributed by atoms with Gasteiger partial charge in [-0.25, -0.2) is 4.79 Å². The molecule has 0 radical (unpaired) electrons. The van der Waals surface area contributed by atoms with Crippen LogP contribution in [0.15, 0.2) is 42.5 Å². The van der Waals surface area contributed by atoms with Gasteiger partial charge in [-0.1, -0.05) is 56.7 Å². The number of benzene rings is 2. The second-order valence-electron chi connectivity index (χ2n) is 5.48. The van der Waals surface area contributed by atoms with Crippen LogP contribution in [0.25, 0.3) is 10.8 Å². The van der Waals surface area contributed by atoms with Gasteiger partial charge in [0.1, 0.15) is 6.10 Å². The van der Waals surface area contributed by atoms with Gasteiger partial charge in [0.15, 0.2) is 6.10 Å². The Bertz CT molecular complexity index is 621. The lowest BCUT2D eigenvalue weighted by Crippen LogP contribution is -2.24. The molecule has 2 atom stereocenters. The van der Waals surface area contributed by atoms with Gasteiger partial charge in [-0.15, -0.1) is 0 Å². The van der Waals surface area contributed by atoms with E-state index >= 15 is 0 Å². The fourth-order valence-corrected chi connectivity index (χ4v) is 2.63. The van der Waals surface area contributed by atoms with Crippen LogP contribution in [0.1, 0.15) is 44.8 Å². The molecule has 0 bridgehead atoms. The molecule has 118 valence electrons. The molecule has 0 spiro atoms. The summed E-state index contributed by atoms with van der Waals surface area (Å²) in [5.74, 6) is -0.307. The third kappa shape index (κ3) is 3.86. The van der Waals surface area contributed by atoms with Crippen LogP contribution < -0.4 is 0 Å². The molecule has 0 saturated carbocycles. The van der Waals surface area contributed by atoms with Crippen molar-refractivity contribution in [3.63, 3.8) is 0 Å². The highest BCUT2D eigenvalue weighted by atomic mass is 16.6. The maximum Gasteiger partial charge on any atom is 0.340 e. The minimum absolute atomic E-state index is 0.0318. The van der Waals surface area contributed by atoms with Gasteiger partial charge in [-0.2, -0.15) is 0 Å².